The topological polar surface area (TPSA) is 201 Å². The zero-order valence-corrected chi connectivity index (χ0v) is 34.3. The van der Waals surface area contributed by atoms with Crippen LogP contribution in [0.4, 0.5) is 10.5 Å². The first-order valence-corrected chi connectivity index (χ1v) is 19.1. The lowest BCUT2D eigenvalue weighted by atomic mass is 9.83. The molecule has 16 nitrogen and oxygen atoms in total. The summed E-state index contributed by atoms with van der Waals surface area (Å²) in [6, 6.07) is 2.53. The third-order valence-corrected chi connectivity index (χ3v) is 11.0. The van der Waals surface area contributed by atoms with Gasteiger partial charge in [-0.25, -0.2) is 9.59 Å². The quantitative estimate of drug-likeness (QED) is 0.149. The number of esters is 1. The Morgan fingerprint density at radius 2 is 1.88 bits per heavy atom. The number of methoxy groups -OCH3 is 2. The smallest absolute Gasteiger partial charge is 0.409 e. The van der Waals surface area contributed by atoms with Crippen LogP contribution in [0.5, 0.6) is 5.75 Å². The van der Waals surface area contributed by atoms with Crippen molar-refractivity contribution in [1.82, 2.24) is 10.2 Å². The number of ether oxygens (including phenoxy) is 7. The van der Waals surface area contributed by atoms with E-state index < -0.39 is 65.7 Å². The Bertz CT molecular complexity index is 1640. The predicted molar refractivity (Wildman–Crippen MR) is 206 cm³/mol. The van der Waals surface area contributed by atoms with Crippen LogP contribution in [-0.2, 0) is 49.2 Å². The van der Waals surface area contributed by atoms with Crippen LogP contribution in [0.25, 0.3) is 0 Å². The molecule has 3 amide bonds. The fourth-order valence-corrected chi connectivity index (χ4v) is 7.27. The van der Waals surface area contributed by atoms with Crippen LogP contribution >= 0.6 is 11.6 Å². The highest BCUT2D eigenvalue weighted by atomic mass is 35.5. The minimum atomic E-state index is -1.84. The van der Waals surface area contributed by atoms with Gasteiger partial charge in [-0.1, -0.05) is 42.3 Å². The highest BCUT2D eigenvalue weighted by Crippen LogP contribution is 2.49. The summed E-state index contributed by atoms with van der Waals surface area (Å²) in [6.45, 7) is 8.49. The van der Waals surface area contributed by atoms with Crippen LogP contribution in [0.1, 0.15) is 52.5 Å². The predicted octanol–water partition coefficient (Wildman–Crippen LogP) is 2.90. The molecule has 4 N–H and O–H groups in total. The molecule has 0 aromatic heterocycles. The van der Waals surface area contributed by atoms with Crippen molar-refractivity contribution < 1.29 is 57.4 Å². The fraction of sp³-hybridized carbons (Fsp3) is 0.641. The molecular formula is C39H57ClN4O12. The van der Waals surface area contributed by atoms with Gasteiger partial charge in [0.05, 0.1) is 58.2 Å². The van der Waals surface area contributed by atoms with Gasteiger partial charge in [0.15, 0.2) is 5.72 Å². The van der Waals surface area contributed by atoms with Crippen LogP contribution in [0.15, 0.2) is 35.9 Å². The largest absolute Gasteiger partial charge is 0.495 e. The van der Waals surface area contributed by atoms with Crippen molar-refractivity contribution >= 4 is 41.2 Å². The number of anilines is 1. The lowest BCUT2D eigenvalue weighted by molar-refractivity contribution is -0.162. The molecule has 0 radical (unpaired) electrons. The summed E-state index contributed by atoms with van der Waals surface area (Å²) in [7, 11) is 5.96. The van der Waals surface area contributed by atoms with Gasteiger partial charge in [0.1, 0.15) is 40.7 Å². The van der Waals surface area contributed by atoms with E-state index in [9.17, 15) is 24.3 Å². The number of alkyl carbamates (subject to hydrolysis) is 1. The number of likely N-dealkylation sites (N-methyl/N-ethyl adjacent to an activating group) is 1. The number of nitrogens with zero attached hydrogens (tertiary/aromatic N) is 2. The van der Waals surface area contributed by atoms with Gasteiger partial charge in [-0.3, -0.25) is 14.9 Å². The molecule has 4 bridgehead atoms. The molecule has 0 saturated carbocycles. The van der Waals surface area contributed by atoms with Gasteiger partial charge in [0.25, 0.3) is 0 Å². The monoisotopic (exact) mass is 808 g/mol. The SMILES string of the molecule is COc1cc2cc(c1Cl)N(C)C(=O)CC(OC(=O)C(C)N(C)C(=O)CCOCCOCCN)C1(C)OC1C(C)C1CC(O)(NC(=O)O1)C(OC)C=CC=C(C)C2. The third-order valence-electron chi connectivity index (χ3n) is 10.6. The molecule has 4 rings (SSSR count). The zero-order valence-electron chi connectivity index (χ0n) is 33.5. The number of hydrogen-bond donors (Lipinski definition) is 3. The fourth-order valence-electron chi connectivity index (χ4n) is 6.96. The Morgan fingerprint density at radius 1 is 1.18 bits per heavy atom. The van der Waals surface area contributed by atoms with Crippen molar-refractivity contribution in [1.29, 1.82) is 0 Å². The van der Waals surface area contributed by atoms with Crippen LogP contribution < -0.4 is 20.7 Å². The Kier molecular flexibility index (Phi) is 15.7. The molecule has 2 saturated heterocycles. The van der Waals surface area contributed by atoms with E-state index in [-0.39, 0.29) is 43.4 Å². The van der Waals surface area contributed by atoms with Crippen LogP contribution in [0.3, 0.4) is 0 Å². The Hall–Kier alpha value is -3.77. The van der Waals surface area contributed by atoms with Crippen molar-refractivity contribution in [2.75, 3.05) is 66.2 Å². The molecule has 8 unspecified atom stereocenters. The maximum absolute atomic E-state index is 14.2. The Balaban J connectivity index is 1.65. The number of allylic oxidation sites excluding steroid dienone is 3. The number of rotatable bonds is 13. The van der Waals surface area contributed by atoms with E-state index in [4.69, 9.17) is 50.5 Å². The number of aliphatic hydroxyl groups is 1. The minimum Gasteiger partial charge on any atom is -0.495 e. The lowest BCUT2D eigenvalue weighted by Gasteiger charge is -2.42. The highest BCUT2D eigenvalue weighted by Gasteiger charge is 2.64. The Labute approximate surface area is 333 Å². The molecule has 3 heterocycles. The van der Waals surface area contributed by atoms with E-state index in [2.05, 4.69) is 5.32 Å². The first-order valence-electron chi connectivity index (χ1n) is 18.7. The van der Waals surface area contributed by atoms with E-state index >= 15 is 0 Å². The Morgan fingerprint density at radius 3 is 2.54 bits per heavy atom. The van der Waals surface area contributed by atoms with E-state index in [1.54, 1.807) is 45.2 Å². The maximum atomic E-state index is 14.2. The van der Waals surface area contributed by atoms with Crippen molar-refractivity contribution in [2.45, 2.75) is 95.2 Å². The van der Waals surface area contributed by atoms with Gasteiger partial charge in [-0.2, -0.15) is 0 Å². The number of halogens is 1. The lowest BCUT2D eigenvalue weighted by Crippen LogP contribution is -2.63. The second-order valence-corrected chi connectivity index (χ2v) is 15.0. The van der Waals surface area contributed by atoms with Crippen molar-refractivity contribution in [2.24, 2.45) is 11.7 Å². The molecule has 17 heteroatoms. The van der Waals surface area contributed by atoms with E-state index in [0.717, 1.165) is 11.1 Å². The summed E-state index contributed by atoms with van der Waals surface area (Å²) >= 11 is 6.76. The average molecular weight is 809 g/mol. The normalized spacial score (nSPS) is 28.7. The maximum Gasteiger partial charge on any atom is 0.409 e. The summed E-state index contributed by atoms with van der Waals surface area (Å²) < 4.78 is 40.0. The standard InChI is InChI=1S/C39H57ClN4O12/c1-23-10-9-11-30(51-8)39(49)22-29(54-37(48)42-39)24(2)35-38(4,56-35)31(21-33(46)44(6)27-19-26(18-23)20-28(50-7)34(27)40)55-36(47)25(3)43(5)32(45)12-14-52-16-17-53-15-13-41/h9-11,19-20,24-25,29-31,35,49H,12-18,21-22,41H2,1-8H3,(H,42,48). The van der Waals surface area contributed by atoms with E-state index in [0.29, 0.717) is 37.6 Å². The van der Waals surface area contributed by atoms with Crippen LogP contribution in [-0.4, -0.2) is 137 Å². The molecule has 8 atom stereocenters. The van der Waals surface area contributed by atoms with Crippen LogP contribution in [0, 0.1) is 5.92 Å². The highest BCUT2D eigenvalue weighted by molar-refractivity contribution is 6.35. The van der Waals surface area contributed by atoms with Gasteiger partial charge >= 0.3 is 12.1 Å². The van der Waals surface area contributed by atoms with Gasteiger partial charge in [0.2, 0.25) is 11.8 Å². The number of fused-ring (bicyclic) bond motifs is 5. The number of hydrogen-bond acceptors (Lipinski definition) is 13. The summed E-state index contributed by atoms with van der Waals surface area (Å²) in [5, 5.41) is 14.5. The molecule has 1 aromatic carbocycles. The molecule has 0 aliphatic carbocycles. The van der Waals surface area contributed by atoms with Gasteiger partial charge in [-0.15, -0.1) is 0 Å². The molecule has 3 aliphatic heterocycles. The average Bonchev–Trinajstić information content (AvgIpc) is 3.86. The number of amides is 3. The summed E-state index contributed by atoms with van der Waals surface area (Å²) in [4.78, 5) is 56.5. The van der Waals surface area contributed by atoms with Gasteiger partial charge in [-0.05, 0) is 44.9 Å². The second-order valence-electron chi connectivity index (χ2n) is 14.7. The number of carbonyl (C=O) groups is 4. The van der Waals surface area contributed by atoms with Crippen molar-refractivity contribution in [3.05, 3.63) is 46.5 Å². The molecular weight excluding hydrogens is 752 g/mol. The molecule has 2 fully saturated rings. The first kappa shape index (κ1) is 44.9. The van der Waals surface area contributed by atoms with Crippen LogP contribution in [0.2, 0.25) is 5.02 Å². The molecule has 1 aromatic rings. The molecule has 0 spiro atoms. The zero-order chi connectivity index (χ0) is 41.4. The number of epoxide rings is 1. The molecule has 3 aliphatic rings. The van der Waals surface area contributed by atoms with Crippen molar-refractivity contribution in [3.63, 3.8) is 0 Å². The number of benzene rings is 1. The summed E-state index contributed by atoms with van der Waals surface area (Å²) in [5.41, 5.74) is 4.42. The first-order chi connectivity index (χ1) is 26.5. The van der Waals surface area contributed by atoms with Crippen molar-refractivity contribution in [3.8, 4) is 5.75 Å². The minimum absolute atomic E-state index is 0.0117. The second kappa shape index (κ2) is 19.6. The molecule has 56 heavy (non-hydrogen) atoms. The number of nitrogens with two attached hydrogens (primary N) is 1. The van der Waals surface area contributed by atoms with Gasteiger partial charge < -0.3 is 53.8 Å². The summed E-state index contributed by atoms with van der Waals surface area (Å²) in [5.74, 6) is -1.75. The molecule has 312 valence electrons. The van der Waals surface area contributed by atoms with E-state index in [1.165, 1.54) is 38.0 Å². The number of carbonyl (C=O) groups excluding carboxylic acids is 4. The van der Waals surface area contributed by atoms with Gasteiger partial charge in [0, 0.05) is 40.1 Å². The number of nitrogens with one attached hydrogen (secondary N) is 1. The third kappa shape index (κ3) is 10.8. The summed E-state index contributed by atoms with van der Waals surface area (Å²) in [6.07, 6.45) is 0.800. The van der Waals surface area contributed by atoms with E-state index in [1.807, 2.05) is 13.0 Å².